The van der Waals surface area contributed by atoms with E-state index in [4.69, 9.17) is 18.0 Å². The standard InChI is InChI=1S/C13H14ClN3S/c1-4-8(5-2)15-11-10-7-9(6-3)18-12(10)17-13(14)16-11/h1,7-8H,5-6H2,2-3H3,(H,15,16,17). The molecule has 2 rings (SSSR count). The maximum atomic E-state index is 5.94. The van der Waals surface area contributed by atoms with E-state index in [1.807, 2.05) is 6.92 Å². The summed E-state index contributed by atoms with van der Waals surface area (Å²) in [7, 11) is 0. The van der Waals surface area contributed by atoms with Crippen LogP contribution in [0.1, 0.15) is 25.1 Å². The molecule has 1 unspecified atom stereocenters. The zero-order valence-electron chi connectivity index (χ0n) is 10.3. The van der Waals surface area contributed by atoms with E-state index in [0.717, 1.165) is 28.9 Å². The number of rotatable bonds is 4. The van der Waals surface area contributed by atoms with E-state index in [2.05, 4.69) is 34.2 Å². The number of nitrogens with zero attached hydrogens (tertiary/aromatic N) is 2. The van der Waals surface area contributed by atoms with Gasteiger partial charge in [-0.15, -0.1) is 17.8 Å². The van der Waals surface area contributed by atoms with Gasteiger partial charge in [-0.25, -0.2) is 9.97 Å². The highest BCUT2D eigenvalue weighted by Gasteiger charge is 2.12. The van der Waals surface area contributed by atoms with Crippen molar-refractivity contribution >= 4 is 39.0 Å². The Kier molecular flexibility index (Phi) is 4.05. The first-order valence-corrected chi connectivity index (χ1v) is 7.06. The van der Waals surface area contributed by atoms with Crippen LogP contribution in [0.2, 0.25) is 5.28 Å². The van der Waals surface area contributed by atoms with Crippen LogP contribution in [-0.4, -0.2) is 16.0 Å². The Hall–Kier alpha value is -1.31. The highest BCUT2D eigenvalue weighted by atomic mass is 35.5. The molecule has 0 fully saturated rings. The average molecular weight is 280 g/mol. The first kappa shape index (κ1) is 13.1. The van der Waals surface area contributed by atoms with E-state index >= 15 is 0 Å². The normalized spacial score (nSPS) is 12.3. The van der Waals surface area contributed by atoms with Gasteiger partial charge in [0.05, 0.1) is 11.4 Å². The fourth-order valence-corrected chi connectivity index (χ4v) is 2.84. The first-order chi connectivity index (χ1) is 8.67. The summed E-state index contributed by atoms with van der Waals surface area (Å²) >= 11 is 7.58. The Morgan fingerprint density at radius 2 is 2.28 bits per heavy atom. The van der Waals surface area contributed by atoms with Crippen molar-refractivity contribution in [1.82, 2.24) is 9.97 Å². The molecule has 2 aromatic heterocycles. The number of aromatic nitrogens is 2. The highest BCUT2D eigenvalue weighted by molar-refractivity contribution is 7.18. The zero-order chi connectivity index (χ0) is 13.1. The predicted molar refractivity (Wildman–Crippen MR) is 78.3 cm³/mol. The molecule has 2 heterocycles. The van der Waals surface area contributed by atoms with Crippen molar-refractivity contribution in [3.05, 3.63) is 16.2 Å². The number of fused-ring (bicyclic) bond motifs is 1. The number of thiophene rings is 1. The molecule has 94 valence electrons. The van der Waals surface area contributed by atoms with Crippen molar-refractivity contribution in [1.29, 1.82) is 0 Å². The molecule has 3 nitrogen and oxygen atoms in total. The number of aryl methyl sites for hydroxylation is 1. The Labute approximate surface area is 116 Å². The van der Waals surface area contributed by atoms with Crippen molar-refractivity contribution in [2.75, 3.05) is 5.32 Å². The Morgan fingerprint density at radius 3 is 2.89 bits per heavy atom. The molecule has 0 aliphatic carbocycles. The minimum absolute atomic E-state index is 0.0378. The second-order valence-electron chi connectivity index (χ2n) is 3.90. The summed E-state index contributed by atoms with van der Waals surface area (Å²) in [6.07, 6.45) is 7.27. The lowest BCUT2D eigenvalue weighted by Crippen LogP contribution is -2.16. The number of terminal acetylenes is 1. The van der Waals surface area contributed by atoms with Crippen molar-refractivity contribution in [2.24, 2.45) is 0 Å². The van der Waals surface area contributed by atoms with Gasteiger partial charge in [-0.2, -0.15) is 0 Å². The van der Waals surface area contributed by atoms with Gasteiger partial charge in [-0.3, -0.25) is 0 Å². The molecular weight excluding hydrogens is 266 g/mol. The molecule has 0 saturated heterocycles. The summed E-state index contributed by atoms with van der Waals surface area (Å²) in [5.74, 6) is 3.42. The number of halogens is 1. The van der Waals surface area contributed by atoms with Crippen LogP contribution in [0.15, 0.2) is 6.07 Å². The van der Waals surface area contributed by atoms with Crippen molar-refractivity contribution in [3.63, 3.8) is 0 Å². The second kappa shape index (κ2) is 5.55. The monoisotopic (exact) mass is 279 g/mol. The van der Waals surface area contributed by atoms with E-state index in [1.165, 1.54) is 4.88 Å². The van der Waals surface area contributed by atoms with Crippen molar-refractivity contribution in [2.45, 2.75) is 32.7 Å². The topological polar surface area (TPSA) is 37.8 Å². The SMILES string of the molecule is C#CC(CC)Nc1nc(Cl)nc2sc(CC)cc12. The molecule has 0 spiro atoms. The van der Waals surface area contributed by atoms with Crippen molar-refractivity contribution in [3.8, 4) is 12.3 Å². The highest BCUT2D eigenvalue weighted by Crippen LogP contribution is 2.30. The number of hydrogen-bond donors (Lipinski definition) is 1. The molecule has 18 heavy (non-hydrogen) atoms. The molecular formula is C13H14ClN3S. The third kappa shape index (κ3) is 2.58. The molecule has 0 aromatic carbocycles. The van der Waals surface area contributed by atoms with Crippen LogP contribution in [-0.2, 0) is 6.42 Å². The van der Waals surface area contributed by atoms with E-state index in [0.29, 0.717) is 0 Å². The van der Waals surface area contributed by atoms with Crippen molar-refractivity contribution < 1.29 is 0 Å². The van der Waals surface area contributed by atoms with Crippen LogP contribution < -0.4 is 5.32 Å². The minimum Gasteiger partial charge on any atom is -0.356 e. The lowest BCUT2D eigenvalue weighted by Gasteiger charge is -2.11. The fourth-order valence-electron chi connectivity index (χ4n) is 1.66. The average Bonchev–Trinajstić information content (AvgIpc) is 2.78. The summed E-state index contributed by atoms with van der Waals surface area (Å²) in [5, 5.41) is 4.48. The van der Waals surface area contributed by atoms with Gasteiger partial charge in [0.25, 0.3) is 0 Å². The molecule has 0 amide bonds. The van der Waals surface area contributed by atoms with Gasteiger partial charge in [0.2, 0.25) is 5.28 Å². The van der Waals surface area contributed by atoms with Gasteiger partial charge in [0, 0.05) is 4.88 Å². The number of anilines is 1. The van der Waals surface area contributed by atoms with Gasteiger partial charge >= 0.3 is 0 Å². The van der Waals surface area contributed by atoms with Crippen LogP contribution in [0.25, 0.3) is 10.2 Å². The maximum absolute atomic E-state index is 5.94. The zero-order valence-corrected chi connectivity index (χ0v) is 11.9. The molecule has 5 heteroatoms. The number of nitrogens with one attached hydrogen (secondary N) is 1. The summed E-state index contributed by atoms with van der Waals surface area (Å²) in [4.78, 5) is 10.7. The molecule has 2 aromatic rings. The Bertz CT molecular complexity index is 600. The van der Waals surface area contributed by atoms with Gasteiger partial charge in [-0.1, -0.05) is 19.8 Å². The molecule has 0 aliphatic heterocycles. The predicted octanol–water partition coefficient (Wildman–Crippen LogP) is 3.73. The summed E-state index contributed by atoms with van der Waals surface area (Å²) in [6.45, 7) is 4.14. The Morgan fingerprint density at radius 1 is 1.50 bits per heavy atom. The fraction of sp³-hybridized carbons (Fsp3) is 0.385. The lowest BCUT2D eigenvalue weighted by molar-refractivity contribution is 0.852. The van der Waals surface area contributed by atoms with E-state index in [1.54, 1.807) is 11.3 Å². The van der Waals surface area contributed by atoms with E-state index in [9.17, 15) is 0 Å². The third-order valence-electron chi connectivity index (χ3n) is 2.69. The van der Waals surface area contributed by atoms with Crippen LogP contribution in [0, 0.1) is 12.3 Å². The van der Waals surface area contributed by atoms with E-state index in [-0.39, 0.29) is 11.3 Å². The second-order valence-corrected chi connectivity index (χ2v) is 5.35. The van der Waals surface area contributed by atoms with Crippen LogP contribution >= 0.6 is 22.9 Å². The minimum atomic E-state index is -0.0378. The van der Waals surface area contributed by atoms with Gasteiger partial charge in [-0.05, 0) is 30.5 Å². The molecule has 0 radical (unpaired) electrons. The van der Waals surface area contributed by atoms with Crippen LogP contribution in [0.5, 0.6) is 0 Å². The number of hydrogen-bond acceptors (Lipinski definition) is 4. The summed E-state index contributed by atoms with van der Waals surface area (Å²) in [6, 6.07) is 2.06. The third-order valence-corrected chi connectivity index (χ3v) is 4.03. The molecule has 0 aliphatic rings. The summed E-state index contributed by atoms with van der Waals surface area (Å²) in [5.41, 5.74) is 0. The van der Waals surface area contributed by atoms with Crippen LogP contribution in [0.3, 0.4) is 0 Å². The van der Waals surface area contributed by atoms with Gasteiger partial charge in [0.15, 0.2) is 0 Å². The largest absolute Gasteiger partial charge is 0.356 e. The maximum Gasteiger partial charge on any atom is 0.225 e. The summed E-state index contributed by atoms with van der Waals surface area (Å²) < 4.78 is 0. The first-order valence-electron chi connectivity index (χ1n) is 5.86. The van der Waals surface area contributed by atoms with E-state index < -0.39 is 0 Å². The van der Waals surface area contributed by atoms with Gasteiger partial charge in [0.1, 0.15) is 10.6 Å². The van der Waals surface area contributed by atoms with Gasteiger partial charge < -0.3 is 5.32 Å². The smallest absolute Gasteiger partial charge is 0.225 e. The van der Waals surface area contributed by atoms with Crippen LogP contribution in [0.4, 0.5) is 5.82 Å². The molecule has 0 bridgehead atoms. The lowest BCUT2D eigenvalue weighted by atomic mass is 10.2. The Balaban J connectivity index is 2.48. The molecule has 1 N–H and O–H groups in total. The molecule has 1 atom stereocenters. The molecule has 0 saturated carbocycles. The quantitative estimate of drug-likeness (QED) is 0.684.